The van der Waals surface area contributed by atoms with Crippen LogP contribution in [0.1, 0.15) is 83.8 Å². The molecule has 0 bridgehead atoms. The second kappa shape index (κ2) is 12.1. The highest BCUT2D eigenvalue weighted by Crippen LogP contribution is 2.33. The average molecular weight is 399 g/mol. The molecule has 0 heterocycles. The predicted molar refractivity (Wildman–Crippen MR) is 117 cm³/mol. The maximum Gasteiger partial charge on any atom is 0.566 e. The number of hydrogen-bond acceptors (Lipinski definition) is 4. The average Bonchev–Trinajstić information content (AvgIpc) is 2.62. The van der Waals surface area contributed by atoms with Crippen LogP contribution in [0.4, 0.5) is 0 Å². The highest BCUT2D eigenvalue weighted by Gasteiger charge is 2.43. The number of benzene rings is 1. The molecule has 0 unspecified atom stereocenters. The van der Waals surface area contributed by atoms with E-state index < -0.39 is 8.80 Å². The molecule has 0 saturated carbocycles. The predicted octanol–water partition coefficient (Wildman–Crippen LogP) is 6.42. The van der Waals surface area contributed by atoms with Crippen LogP contribution in [0.2, 0.25) is 6.04 Å². The van der Waals surface area contributed by atoms with Crippen molar-refractivity contribution < 1.29 is 13.3 Å². The van der Waals surface area contributed by atoms with E-state index in [1.165, 1.54) is 11.1 Å². The second-order valence-electron chi connectivity index (χ2n) is 7.42. The van der Waals surface area contributed by atoms with Gasteiger partial charge in [0.25, 0.3) is 0 Å². The molecule has 0 fully saturated rings. The first-order chi connectivity index (χ1) is 12.4. The Kier molecular flexibility index (Phi) is 10.9. The van der Waals surface area contributed by atoms with E-state index in [2.05, 4.69) is 72.4 Å². The molecule has 0 saturated heterocycles. The molecule has 5 heteroatoms. The molecule has 0 amide bonds. The van der Waals surface area contributed by atoms with E-state index >= 15 is 0 Å². The van der Waals surface area contributed by atoms with Gasteiger partial charge >= 0.3 is 8.80 Å². The summed E-state index contributed by atoms with van der Waals surface area (Å²) in [5, 5.41) is 0. The minimum Gasteiger partial charge on any atom is -0.500 e. The van der Waals surface area contributed by atoms with E-state index in [0.29, 0.717) is 25.0 Å². The Hall–Kier alpha value is -0.493. The molecule has 0 atom stereocenters. The molecule has 0 spiro atoms. The Bertz CT molecular complexity index is 498. The third-order valence-electron chi connectivity index (χ3n) is 4.28. The summed E-state index contributed by atoms with van der Waals surface area (Å²) in [5.74, 6) is 2.62. The lowest BCUT2D eigenvalue weighted by Gasteiger charge is -2.31. The van der Waals surface area contributed by atoms with Crippen molar-refractivity contribution in [3.05, 3.63) is 29.3 Å². The molecular weight excluding hydrogens is 360 g/mol. The Morgan fingerprint density at radius 1 is 0.962 bits per heavy atom. The summed E-state index contributed by atoms with van der Waals surface area (Å²) >= 11 is 4.39. The van der Waals surface area contributed by atoms with Crippen molar-refractivity contribution in [2.24, 2.45) is 0 Å². The number of rotatable bonds is 13. The maximum absolute atomic E-state index is 6.60. The van der Waals surface area contributed by atoms with Crippen molar-refractivity contribution in [3.8, 4) is 5.75 Å². The molecule has 1 aromatic rings. The summed E-state index contributed by atoms with van der Waals surface area (Å²) in [6.07, 6.45) is 2.85. The van der Waals surface area contributed by atoms with Crippen molar-refractivity contribution in [3.63, 3.8) is 0 Å². The van der Waals surface area contributed by atoms with Crippen LogP contribution >= 0.6 is 12.6 Å². The largest absolute Gasteiger partial charge is 0.566 e. The third-order valence-corrected chi connectivity index (χ3v) is 7.38. The first kappa shape index (κ1) is 23.5. The SMILES string of the molecule is CCCO[Si](CCCS)(OCCC)Oc1ccc(C(C)C)cc1C(C)C. The van der Waals surface area contributed by atoms with Gasteiger partial charge in [-0.25, -0.2) is 0 Å². The number of hydrogen-bond donors (Lipinski definition) is 1. The quantitative estimate of drug-likeness (QED) is 0.307. The number of thiol groups is 1. The van der Waals surface area contributed by atoms with Crippen LogP contribution in [0.5, 0.6) is 5.75 Å². The van der Waals surface area contributed by atoms with Gasteiger partial charge in [0.1, 0.15) is 5.75 Å². The van der Waals surface area contributed by atoms with Gasteiger partial charge in [0, 0.05) is 19.3 Å². The summed E-state index contributed by atoms with van der Waals surface area (Å²) in [4.78, 5) is 0. The fourth-order valence-corrected chi connectivity index (χ4v) is 5.95. The van der Waals surface area contributed by atoms with E-state index in [-0.39, 0.29) is 0 Å². The molecule has 0 N–H and O–H groups in total. The second-order valence-corrected chi connectivity index (χ2v) is 10.5. The molecule has 0 aromatic heterocycles. The Labute approximate surface area is 167 Å². The van der Waals surface area contributed by atoms with E-state index in [9.17, 15) is 0 Å². The molecule has 0 radical (unpaired) electrons. The Morgan fingerprint density at radius 2 is 1.58 bits per heavy atom. The van der Waals surface area contributed by atoms with Crippen LogP contribution < -0.4 is 4.43 Å². The first-order valence-corrected chi connectivity index (χ1v) is 12.7. The van der Waals surface area contributed by atoms with Crippen LogP contribution in [0, 0.1) is 0 Å². The smallest absolute Gasteiger partial charge is 0.500 e. The van der Waals surface area contributed by atoms with Gasteiger partial charge in [-0.15, -0.1) is 0 Å². The van der Waals surface area contributed by atoms with Crippen LogP contribution in [-0.4, -0.2) is 27.8 Å². The Morgan fingerprint density at radius 3 is 2.04 bits per heavy atom. The zero-order chi connectivity index (χ0) is 19.6. The van der Waals surface area contributed by atoms with E-state index in [0.717, 1.165) is 36.8 Å². The highest BCUT2D eigenvalue weighted by atomic mass is 32.1. The molecule has 0 aliphatic heterocycles. The minimum atomic E-state index is -2.77. The lowest BCUT2D eigenvalue weighted by molar-refractivity contribution is 0.105. The van der Waals surface area contributed by atoms with Crippen LogP contribution in [0.3, 0.4) is 0 Å². The van der Waals surface area contributed by atoms with E-state index in [1.54, 1.807) is 0 Å². The monoisotopic (exact) mass is 398 g/mol. The third kappa shape index (κ3) is 7.26. The summed E-state index contributed by atoms with van der Waals surface area (Å²) in [5.41, 5.74) is 2.58. The van der Waals surface area contributed by atoms with Gasteiger partial charge in [-0.1, -0.05) is 53.7 Å². The minimum absolute atomic E-state index is 0.387. The van der Waals surface area contributed by atoms with Gasteiger partial charge in [0.15, 0.2) is 0 Å². The molecule has 150 valence electrons. The van der Waals surface area contributed by atoms with Crippen molar-refractivity contribution >= 4 is 21.4 Å². The van der Waals surface area contributed by atoms with E-state index in [4.69, 9.17) is 13.3 Å². The van der Waals surface area contributed by atoms with Gasteiger partial charge in [-0.3, -0.25) is 0 Å². The summed E-state index contributed by atoms with van der Waals surface area (Å²) in [7, 11) is -2.77. The summed E-state index contributed by atoms with van der Waals surface area (Å²) < 4.78 is 19.1. The van der Waals surface area contributed by atoms with Crippen LogP contribution in [-0.2, 0) is 8.85 Å². The van der Waals surface area contributed by atoms with Crippen molar-refractivity contribution in [2.45, 2.75) is 78.7 Å². The molecule has 1 rings (SSSR count). The molecule has 0 aliphatic carbocycles. The zero-order valence-corrected chi connectivity index (χ0v) is 19.4. The molecule has 1 aromatic carbocycles. The molecule has 3 nitrogen and oxygen atoms in total. The lowest BCUT2D eigenvalue weighted by atomic mass is 9.95. The van der Waals surface area contributed by atoms with Gasteiger partial charge in [-0.2, -0.15) is 12.6 Å². The summed E-state index contributed by atoms with van der Waals surface area (Å²) in [6, 6.07) is 7.36. The van der Waals surface area contributed by atoms with Gasteiger partial charge in [0.2, 0.25) is 0 Å². The first-order valence-electron chi connectivity index (χ1n) is 10.1. The zero-order valence-electron chi connectivity index (χ0n) is 17.5. The maximum atomic E-state index is 6.60. The van der Waals surface area contributed by atoms with Crippen molar-refractivity contribution in [1.29, 1.82) is 0 Å². The molecule has 26 heavy (non-hydrogen) atoms. The normalized spacial score (nSPS) is 12.2. The molecular formula is C21H38O3SSi. The topological polar surface area (TPSA) is 27.7 Å². The fraction of sp³-hybridized carbons (Fsp3) is 0.714. The lowest BCUT2D eigenvalue weighted by Crippen LogP contribution is -2.49. The van der Waals surface area contributed by atoms with Crippen molar-refractivity contribution in [2.75, 3.05) is 19.0 Å². The standard InChI is InChI=1S/C21H38O3SSi/c1-7-12-22-26(15-9-14-25,23-13-8-2)24-21-11-10-19(17(3)4)16-20(21)18(5)6/h10-11,16-18,25H,7-9,12-15H2,1-6H3. The summed E-state index contributed by atoms with van der Waals surface area (Å²) in [6.45, 7) is 14.4. The van der Waals surface area contributed by atoms with Gasteiger partial charge < -0.3 is 13.3 Å². The fourth-order valence-electron chi connectivity index (χ4n) is 2.74. The van der Waals surface area contributed by atoms with Crippen molar-refractivity contribution in [1.82, 2.24) is 0 Å². The highest BCUT2D eigenvalue weighted by molar-refractivity contribution is 7.80. The van der Waals surface area contributed by atoms with Crippen LogP contribution in [0.15, 0.2) is 18.2 Å². The van der Waals surface area contributed by atoms with Gasteiger partial charge in [0.05, 0.1) is 0 Å². The molecule has 0 aliphatic rings. The van der Waals surface area contributed by atoms with Crippen LogP contribution in [0.25, 0.3) is 0 Å². The van der Waals surface area contributed by atoms with Gasteiger partial charge in [-0.05, 0) is 54.0 Å². The Balaban J connectivity index is 3.21. The van der Waals surface area contributed by atoms with E-state index in [1.807, 2.05) is 0 Å².